The van der Waals surface area contributed by atoms with Gasteiger partial charge in [0.05, 0.1) is 10.4 Å². The van der Waals surface area contributed by atoms with Crippen LogP contribution in [0, 0.1) is 0 Å². The second kappa shape index (κ2) is 4.98. The van der Waals surface area contributed by atoms with E-state index in [4.69, 9.17) is 11.6 Å². The van der Waals surface area contributed by atoms with E-state index >= 15 is 0 Å². The second-order valence-electron chi connectivity index (χ2n) is 5.20. The first-order valence-corrected chi connectivity index (χ1v) is 8.52. The summed E-state index contributed by atoms with van der Waals surface area (Å²) < 4.78 is 28.0. The monoisotopic (exact) mass is 310 g/mol. The van der Waals surface area contributed by atoms with Crippen LogP contribution in [0.2, 0.25) is 0 Å². The minimum Gasteiger partial charge on any atom is -0.256 e. The first-order chi connectivity index (χ1) is 9.56. The second-order valence-corrected chi connectivity index (χ2v) is 7.12. The Kier molecular flexibility index (Phi) is 3.44. The smallest absolute Gasteiger partial charge is 0.241 e. The fraction of sp³-hybridized carbons (Fsp3) is 0.357. The summed E-state index contributed by atoms with van der Waals surface area (Å²) in [7, 11) is -3.59. The van der Waals surface area contributed by atoms with E-state index < -0.39 is 15.6 Å². The van der Waals surface area contributed by atoms with Gasteiger partial charge in [-0.25, -0.2) is 13.1 Å². The first-order valence-electron chi connectivity index (χ1n) is 6.50. The zero-order valence-electron chi connectivity index (χ0n) is 10.8. The van der Waals surface area contributed by atoms with Crippen LogP contribution in [0.5, 0.6) is 0 Å². The molecule has 1 heterocycles. The lowest BCUT2D eigenvalue weighted by molar-refractivity contribution is 0.252. The van der Waals surface area contributed by atoms with E-state index in [-0.39, 0.29) is 4.90 Å². The van der Waals surface area contributed by atoms with Crippen molar-refractivity contribution in [1.82, 2.24) is 9.71 Å². The molecule has 3 rings (SSSR count). The van der Waals surface area contributed by atoms with Gasteiger partial charge in [0.15, 0.2) is 0 Å². The number of benzene rings is 1. The number of nitrogens with zero attached hydrogens (tertiary/aromatic N) is 1. The Morgan fingerprint density at radius 1 is 1.25 bits per heavy atom. The molecule has 0 amide bonds. The van der Waals surface area contributed by atoms with Crippen LogP contribution in [0.3, 0.4) is 0 Å². The predicted molar refractivity (Wildman–Crippen MR) is 79.4 cm³/mol. The van der Waals surface area contributed by atoms with E-state index in [9.17, 15) is 8.42 Å². The van der Waals surface area contributed by atoms with Crippen LogP contribution in [0.1, 0.15) is 19.3 Å². The average Bonchev–Trinajstić information content (AvgIpc) is 2.42. The van der Waals surface area contributed by atoms with Crippen molar-refractivity contribution in [2.45, 2.75) is 29.7 Å². The number of alkyl halides is 1. The summed E-state index contributed by atoms with van der Waals surface area (Å²) in [6.07, 6.45) is 4.24. The normalized spacial score (nSPS) is 17.9. The van der Waals surface area contributed by atoms with E-state index in [1.54, 1.807) is 36.5 Å². The molecule has 6 heteroatoms. The van der Waals surface area contributed by atoms with Gasteiger partial charge in [0.1, 0.15) is 0 Å². The Bertz CT molecular complexity index is 731. The molecule has 20 heavy (non-hydrogen) atoms. The minimum absolute atomic E-state index is 0.263. The Morgan fingerprint density at radius 3 is 2.70 bits per heavy atom. The van der Waals surface area contributed by atoms with Crippen molar-refractivity contribution in [3.63, 3.8) is 0 Å². The third-order valence-corrected chi connectivity index (χ3v) is 5.96. The molecule has 1 N–H and O–H groups in total. The van der Waals surface area contributed by atoms with Crippen molar-refractivity contribution in [3.05, 3.63) is 36.5 Å². The lowest BCUT2D eigenvalue weighted by Crippen LogP contribution is -2.54. The number of sulfonamides is 1. The van der Waals surface area contributed by atoms with Crippen LogP contribution in [0.25, 0.3) is 10.9 Å². The molecule has 0 radical (unpaired) electrons. The van der Waals surface area contributed by atoms with Gasteiger partial charge in [-0.1, -0.05) is 6.07 Å². The summed E-state index contributed by atoms with van der Waals surface area (Å²) in [5, 5.41) is 0.631. The lowest BCUT2D eigenvalue weighted by Gasteiger charge is -2.40. The number of halogens is 1. The molecule has 0 aliphatic heterocycles. The molecular formula is C14H15ClN2O2S. The fourth-order valence-electron chi connectivity index (χ4n) is 2.52. The van der Waals surface area contributed by atoms with Crippen molar-refractivity contribution in [2.75, 3.05) is 5.88 Å². The topological polar surface area (TPSA) is 59.1 Å². The van der Waals surface area contributed by atoms with Crippen LogP contribution in [0.15, 0.2) is 41.4 Å². The van der Waals surface area contributed by atoms with Gasteiger partial charge in [-0.3, -0.25) is 4.98 Å². The summed E-state index contributed by atoms with van der Waals surface area (Å²) in [4.78, 5) is 4.45. The summed E-state index contributed by atoms with van der Waals surface area (Å²) in [5.74, 6) is 0.301. The standard InChI is InChI=1S/C14H15ClN2O2S/c15-10-14(7-3-8-14)17-20(18,19)13-6-1-5-12-11(13)4-2-9-16-12/h1-2,4-6,9,17H,3,7-8,10H2. The van der Waals surface area contributed by atoms with Gasteiger partial charge in [-0.15, -0.1) is 11.6 Å². The highest BCUT2D eigenvalue weighted by atomic mass is 35.5. The number of hydrogen-bond acceptors (Lipinski definition) is 3. The molecule has 106 valence electrons. The zero-order valence-corrected chi connectivity index (χ0v) is 12.4. The average molecular weight is 311 g/mol. The summed E-state index contributed by atoms with van der Waals surface area (Å²) >= 11 is 5.93. The zero-order chi connectivity index (χ0) is 14.2. The van der Waals surface area contributed by atoms with Crippen LogP contribution in [-0.2, 0) is 10.0 Å². The number of aromatic nitrogens is 1. The number of hydrogen-bond donors (Lipinski definition) is 1. The van der Waals surface area contributed by atoms with Gasteiger partial charge in [-0.05, 0) is 43.5 Å². The molecule has 0 atom stereocenters. The van der Waals surface area contributed by atoms with Crippen molar-refractivity contribution in [2.24, 2.45) is 0 Å². The summed E-state index contributed by atoms with van der Waals surface area (Å²) in [5.41, 5.74) is 0.189. The third-order valence-electron chi connectivity index (χ3n) is 3.81. The SMILES string of the molecule is O=S(=O)(NC1(CCl)CCC1)c1cccc2ncccc12. The van der Waals surface area contributed by atoms with Crippen LogP contribution < -0.4 is 4.72 Å². The first kappa shape index (κ1) is 13.8. The highest BCUT2D eigenvalue weighted by Crippen LogP contribution is 2.35. The molecule has 0 spiro atoms. The summed E-state index contributed by atoms with van der Waals surface area (Å²) in [6.45, 7) is 0. The van der Waals surface area contributed by atoms with Crippen molar-refractivity contribution in [1.29, 1.82) is 0 Å². The van der Waals surface area contributed by atoms with E-state index in [2.05, 4.69) is 9.71 Å². The van der Waals surface area contributed by atoms with Gasteiger partial charge in [-0.2, -0.15) is 0 Å². The van der Waals surface area contributed by atoms with Gasteiger partial charge < -0.3 is 0 Å². The molecule has 1 aromatic carbocycles. The number of fused-ring (bicyclic) bond motifs is 1. The Morgan fingerprint density at radius 2 is 2.05 bits per heavy atom. The fourth-order valence-corrected chi connectivity index (χ4v) is 4.61. The summed E-state index contributed by atoms with van der Waals surface area (Å²) in [6, 6.07) is 8.62. The number of rotatable bonds is 4. The highest BCUT2D eigenvalue weighted by molar-refractivity contribution is 7.89. The maximum Gasteiger partial charge on any atom is 0.241 e. The molecule has 2 aromatic rings. The van der Waals surface area contributed by atoms with Gasteiger partial charge in [0, 0.05) is 23.0 Å². The number of pyridine rings is 1. The molecule has 4 nitrogen and oxygen atoms in total. The Labute approximate surface area is 123 Å². The molecule has 0 saturated heterocycles. The van der Waals surface area contributed by atoms with Crippen molar-refractivity contribution < 1.29 is 8.42 Å². The lowest BCUT2D eigenvalue weighted by atomic mass is 9.79. The van der Waals surface area contributed by atoms with Gasteiger partial charge in [0.2, 0.25) is 10.0 Å². The van der Waals surface area contributed by atoms with Gasteiger partial charge in [0.25, 0.3) is 0 Å². The van der Waals surface area contributed by atoms with E-state index in [0.29, 0.717) is 16.8 Å². The van der Waals surface area contributed by atoms with Crippen LogP contribution >= 0.6 is 11.6 Å². The molecular weight excluding hydrogens is 296 g/mol. The number of nitrogens with one attached hydrogen (secondary N) is 1. The van der Waals surface area contributed by atoms with Crippen LogP contribution in [-0.4, -0.2) is 24.8 Å². The molecule has 1 aliphatic rings. The molecule has 1 aromatic heterocycles. The molecule has 1 saturated carbocycles. The van der Waals surface area contributed by atoms with E-state index in [1.807, 2.05) is 0 Å². The van der Waals surface area contributed by atoms with Gasteiger partial charge >= 0.3 is 0 Å². The Balaban J connectivity index is 2.05. The molecule has 0 unspecified atom stereocenters. The minimum atomic E-state index is -3.59. The molecule has 1 aliphatic carbocycles. The Hall–Kier alpha value is -1.17. The van der Waals surface area contributed by atoms with E-state index in [0.717, 1.165) is 19.3 Å². The van der Waals surface area contributed by atoms with Crippen molar-refractivity contribution in [3.8, 4) is 0 Å². The predicted octanol–water partition coefficient (Wildman–Crippen LogP) is 2.67. The third kappa shape index (κ3) is 2.30. The van der Waals surface area contributed by atoms with Crippen molar-refractivity contribution >= 4 is 32.5 Å². The van der Waals surface area contributed by atoms with Crippen LogP contribution in [0.4, 0.5) is 0 Å². The molecule has 0 bridgehead atoms. The largest absolute Gasteiger partial charge is 0.256 e. The van der Waals surface area contributed by atoms with E-state index in [1.165, 1.54) is 0 Å². The quantitative estimate of drug-likeness (QED) is 0.883. The maximum atomic E-state index is 12.6. The molecule has 1 fully saturated rings. The maximum absolute atomic E-state index is 12.6. The highest BCUT2D eigenvalue weighted by Gasteiger charge is 2.40.